The van der Waals surface area contributed by atoms with Crippen LogP contribution in [0.15, 0.2) is 54.6 Å². The maximum absolute atomic E-state index is 13.2. The standard InChI is InChI=1S/C16H13F3O2/c17-16(18,19)15(9-10-20-15)12-5-4-8-14(11-12)21-13-6-2-1-3-7-13/h1-8,11H,9-10H2. The van der Waals surface area contributed by atoms with Crippen LogP contribution in [-0.2, 0) is 10.3 Å². The molecular formula is C16H13F3O2. The molecule has 0 radical (unpaired) electrons. The summed E-state index contributed by atoms with van der Waals surface area (Å²) < 4.78 is 50.2. The predicted molar refractivity (Wildman–Crippen MR) is 71.3 cm³/mol. The van der Waals surface area contributed by atoms with Crippen LogP contribution in [0.25, 0.3) is 0 Å². The van der Waals surface area contributed by atoms with Gasteiger partial charge in [0.05, 0.1) is 6.61 Å². The first-order valence-corrected chi connectivity index (χ1v) is 6.55. The molecule has 1 unspecified atom stereocenters. The van der Waals surface area contributed by atoms with Crippen LogP contribution >= 0.6 is 0 Å². The molecule has 0 aromatic heterocycles. The summed E-state index contributed by atoms with van der Waals surface area (Å²) in [5.41, 5.74) is -2.11. The van der Waals surface area contributed by atoms with Crippen molar-refractivity contribution >= 4 is 0 Å². The monoisotopic (exact) mass is 294 g/mol. The summed E-state index contributed by atoms with van der Waals surface area (Å²) in [6.07, 6.45) is -4.50. The molecule has 1 aliphatic rings. The van der Waals surface area contributed by atoms with E-state index in [4.69, 9.17) is 9.47 Å². The van der Waals surface area contributed by atoms with Crippen molar-refractivity contribution in [1.82, 2.24) is 0 Å². The van der Waals surface area contributed by atoms with Gasteiger partial charge in [-0.1, -0.05) is 30.3 Å². The Hall–Kier alpha value is -2.01. The fraction of sp³-hybridized carbons (Fsp3) is 0.250. The van der Waals surface area contributed by atoms with Gasteiger partial charge in [-0.3, -0.25) is 0 Å². The maximum Gasteiger partial charge on any atom is 0.421 e. The zero-order valence-electron chi connectivity index (χ0n) is 11.1. The average Bonchev–Trinajstić information content (AvgIpc) is 2.37. The number of ether oxygens (including phenoxy) is 2. The van der Waals surface area contributed by atoms with Gasteiger partial charge in [0, 0.05) is 6.42 Å². The SMILES string of the molecule is FC(F)(F)C1(c2cccc(Oc3ccccc3)c2)CCO1. The van der Waals surface area contributed by atoms with E-state index in [1.165, 1.54) is 12.1 Å². The topological polar surface area (TPSA) is 18.5 Å². The van der Waals surface area contributed by atoms with Crippen LogP contribution in [0, 0.1) is 0 Å². The highest BCUT2D eigenvalue weighted by molar-refractivity contribution is 5.37. The molecule has 0 bridgehead atoms. The Kier molecular flexibility index (Phi) is 3.37. The van der Waals surface area contributed by atoms with Crippen molar-refractivity contribution in [3.63, 3.8) is 0 Å². The summed E-state index contributed by atoms with van der Waals surface area (Å²) in [5, 5.41) is 0. The Bertz CT molecular complexity index is 619. The van der Waals surface area contributed by atoms with Crippen molar-refractivity contribution in [3.05, 3.63) is 60.2 Å². The Labute approximate surface area is 120 Å². The van der Waals surface area contributed by atoms with E-state index < -0.39 is 11.8 Å². The average molecular weight is 294 g/mol. The minimum Gasteiger partial charge on any atom is -0.457 e. The Morgan fingerprint density at radius 3 is 2.19 bits per heavy atom. The van der Waals surface area contributed by atoms with Crippen molar-refractivity contribution < 1.29 is 22.6 Å². The molecule has 0 saturated carbocycles. The van der Waals surface area contributed by atoms with E-state index in [1.54, 1.807) is 36.4 Å². The van der Waals surface area contributed by atoms with Gasteiger partial charge in [0.15, 0.2) is 5.60 Å². The van der Waals surface area contributed by atoms with Gasteiger partial charge in [-0.2, -0.15) is 13.2 Å². The van der Waals surface area contributed by atoms with Crippen LogP contribution in [-0.4, -0.2) is 12.8 Å². The zero-order chi connectivity index (χ0) is 14.9. The van der Waals surface area contributed by atoms with E-state index in [-0.39, 0.29) is 18.6 Å². The number of alkyl halides is 3. The smallest absolute Gasteiger partial charge is 0.421 e. The van der Waals surface area contributed by atoms with Gasteiger partial charge in [-0.25, -0.2) is 0 Å². The van der Waals surface area contributed by atoms with Crippen LogP contribution in [0.5, 0.6) is 11.5 Å². The van der Waals surface area contributed by atoms with Gasteiger partial charge in [0.25, 0.3) is 0 Å². The van der Waals surface area contributed by atoms with Gasteiger partial charge in [-0.15, -0.1) is 0 Å². The number of hydrogen-bond acceptors (Lipinski definition) is 2. The lowest BCUT2D eigenvalue weighted by molar-refractivity contribution is -0.333. The molecule has 21 heavy (non-hydrogen) atoms. The molecule has 1 heterocycles. The molecule has 3 rings (SSSR count). The van der Waals surface area contributed by atoms with Gasteiger partial charge in [0.2, 0.25) is 0 Å². The molecule has 110 valence electrons. The highest BCUT2D eigenvalue weighted by Gasteiger charge is 2.61. The molecule has 1 aliphatic heterocycles. The molecule has 1 atom stereocenters. The van der Waals surface area contributed by atoms with E-state index in [0.717, 1.165) is 0 Å². The molecule has 2 aromatic rings. The minimum atomic E-state index is -4.43. The summed E-state index contributed by atoms with van der Waals surface area (Å²) >= 11 is 0. The largest absolute Gasteiger partial charge is 0.457 e. The number of para-hydroxylation sites is 1. The Morgan fingerprint density at radius 1 is 0.952 bits per heavy atom. The fourth-order valence-corrected chi connectivity index (χ4v) is 2.36. The summed E-state index contributed by atoms with van der Waals surface area (Å²) in [5.74, 6) is 0.933. The molecule has 0 N–H and O–H groups in total. The zero-order valence-corrected chi connectivity index (χ0v) is 11.1. The maximum atomic E-state index is 13.2. The lowest BCUT2D eigenvalue weighted by Gasteiger charge is -2.43. The van der Waals surface area contributed by atoms with Crippen LogP contribution in [0.3, 0.4) is 0 Å². The third-order valence-electron chi connectivity index (χ3n) is 3.54. The third-order valence-corrected chi connectivity index (χ3v) is 3.54. The van der Waals surface area contributed by atoms with Gasteiger partial charge < -0.3 is 9.47 Å². The number of halogens is 3. The van der Waals surface area contributed by atoms with Crippen molar-refractivity contribution in [1.29, 1.82) is 0 Å². The molecule has 2 aromatic carbocycles. The molecule has 0 amide bonds. The van der Waals surface area contributed by atoms with Gasteiger partial charge in [0.1, 0.15) is 11.5 Å². The first kappa shape index (κ1) is 13.9. The Balaban J connectivity index is 1.90. The molecule has 0 aliphatic carbocycles. The van der Waals surface area contributed by atoms with E-state index in [1.807, 2.05) is 6.07 Å². The van der Waals surface area contributed by atoms with Gasteiger partial charge >= 0.3 is 6.18 Å². The van der Waals surface area contributed by atoms with Crippen molar-refractivity contribution in [3.8, 4) is 11.5 Å². The second kappa shape index (κ2) is 5.07. The van der Waals surface area contributed by atoms with Crippen molar-refractivity contribution in [2.75, 3.05) is 6.61 Å². The van der Waals surface area contributed by atoms with Crippen LogP contribution in [0.1, 0.15) is 12.0 Å². The van der Waals surface area contributed by atoms with Crippen LogP contribution in [0.4, 0.5) is 13.2 Å². The molecule has 5 heteroatoms. The van der Waals surface area contributed by atoms with E-state index in [0.29, 0.717) is 11.5 Å². The van der Waals surface area contributed by atoms with E-state index in [9.17, 15) is 13.2 Å². The summed E-state index contributed by atoms with van der Waals surface area (Å²) in [6, 6.07) is 14.9. The van der Waals surface area contributed by atoms with E-state index in [2.05, 4.69) is 0 Å². The minimum absolute atomic E-state index is 0.0642. The number of hydrogen-bond donors (Lipinski definition) is 0. The quantitative estimate of drug-likeness (QED) is 0.820. The van der Waals surface area contributed by atoms with E-state index >= 15 is 0 Å². The van der Waals surface area contributed by atoms with Crippen molar-refractivity contribution in [2.45, 2.75) is 18.2 Å². The van der Waals surface area contributed by atoms with Gasteiger partial charge in [-0.05, 0) is 29.8 Å². The molecule has 0 spiro atoms. The molecular weight excluding hydrogens is 281 g/mol. The molecule has 1 saturated heterocycles. The van der Waals surface area contributed by atoms with Crippen molar-refractivity contribution in [2.24, 2.45) is 0 Å². The lowest BCUT2D eigenvalue weighted by Crippen LogP contribution is -2.52. The summed E-state index contributed by atoms with van der Waals surface area (Å²) in [4.78, 5) is 0. The number of rotatable bonds is 3. The normalized spacial score (nSPS) is 21.7. The Morgan fingerprint density at radius 2 is 1.62 bits per heavy atom. The first-order chi connectivity index (χ1) is 10.0. The summed E-state index contributed by atoms with van der Waals surface area (Å²) in [6.45, 7) is 0.114. The lowest BCUT2D eigenvalue weighted by atomic mass is 9.85. The third kappa shape index (κ3) is 2.49. The van der Waals surface area contributed by atoms with Crippen LogP contribution < -0.4 is 4.74 Å². The van der Waals surface area contributed by atoms with Crippen LogP contribution in [0.2, 0.25) is 0 Å². The fourth-order valence-electron chi connectivity index (χ4n) is 2.36. The highest BCUT2D eigenvalue weighted by atomic mass is 19.4. The predicted octanol–water partition coefficient (Wildman–Crippen LogP) is 4.66. The highest BCUT2D eigenvalue weighted by Crippen LogP contribution is 2.50. The molecule has 1 fully saturated rings. The second-order valence-electron chi connectivity index (χ2n) is 4.87. The first-order valence-electron chi connectivity index (χ1n) is 6.55. The molecule has 2 nitrogen and oxygen atoms in total. The second-order valence-corrected chi connectivity index (χ2v) is 4.87. The summed E-state index contributed by atoms with van der Waals surface area (Å²) in [7, 11) is 0. The number of benzene rings is 2.